The topological polar surface area (TPSA) is 95.5 Å². The minimum atomic E-state index is -0.892. The molecule has 6 heteroatoms. The molecular formula is C23H26N2O4. The number of carbonyl (C=O) groups excluding carboxylic acids is 2. The lowest BCUT2D eigenvalue weighted by molar-refractivity contribution is -0.136. The Labute approximate surface area is 170 Å². The summed E-state index contributed by atoms with van der Waals surface area (Å²) in [6.45, 7) is 0.461. The molecule has 6 nitrogen and oxygen atoms in total. The summed E-state index contributed by atoms with van der Waals surface area (Å²) in [4.78, 5) is 35.3. The Morgan fingerprint density at radius 3 is 2.10 bits per heavy atom. The van der Waals surface area contributed by atoms with Gasteiger partial charge in [-0.2, -0.15) is 0 Å². The van der Waals surface area contributed by atoms with Crippen LogP contribution in [0.2, 0.25) is 0 Å². The molecule has 0 saturated heterocycles. The first-order chi connectivity index (χ1) is 14.0. The SMILES string of the molecule is O=C(O)Cc1ccc(NC(=O)c2ccc(CNC(=O)C3CCCCC3)cc2)cc1. The van der Waals surface area contributed by atoms with Crippen LogP contribution in [0, 0.1) is 5.92 Å². The van der Waals surface area contributed by atoms with Gasteiger partial charge in [-0.1, -0.05) is 43.5 Å². The second-order valence-electron chi connectivity index (χ2n) is 7.47. The first kappa shape index (κ1) is 20.6. The van der Waals surface area contributed by atoms with Gasteiger partial charge in [-0.3, -0.25) is 14.4 Å². The molecule has 2 aromatic carbocycles. The first-order valence-electron chi connectivity index (χ1n) is 10.00. The summed E-state index contributed by atoms with van der Waals surface area (Å²) in [7, 11) is 0. The summed E-state index contributed by atoms with van der Waals surface area (Å²) in [5.74, 6) is -0.876. The molecule has 0 unspecified atom stereocenters. The Balaban J connectivity index is 1.50. The lowest BCUT2D eigenvalue weighted by atomic mass is 9.88. The summed E-state index contributed by atoms with van der Waals surface area (Å²) in [5, 5.41) is 14.6. The molecule has 1 aliphatic rings. The maximum atomic E-state index is 12.4. The molecule has 0 atom stereocenters. The van der Waals surface area contributed by atoms with Gasteiger partial charge in [0.15, 0.2) is 0 Å². The molecule has 2 aromatic rings. The van der Waals surface area contributed by atoms with Crippen LogP contribution in [0.3, 0.4) is 0 Å². The van der Waals surface area contributed by atoms with Crippen LogP contribution in [0.1, 0.15) is 53.6 Å². The summed E-state index contributed by atoms with van der Waals surface area (Å²) < 4.78 is 0. The van der Waals surface area contributed by atoms with Crippen molar-refractivity contribution in [3.05, 3.63) is 65.2 Å². The molecule has 29 heavy (non-hydrogen) atoms. The molecule has 3 N–H and O–H groups in total. The van der Waals surface area contributed by atoms with Gasteiger partial charge in [0.25, 0.3) is 5.91 Å². The smallest absolute Gasteiger partial charge is 0.307 e. The van der Waals surface area contributed by atoms with E-state index in [0.29, 0.717) is 23.4 Å². The van der Waals surface area contributed by atoms with Gasteiger partial charge in [0, 0.05) is 23.7 Å². The summed E-state index contributed by atoms with van der Waals surface area (Å²) in [6.07, 6.45) is 5.38. The largest absolute Gasteiger partial charge is 0.481 e. The van der Waals surface area contributed by atoms with Crippen LogP contribution in [0.5, 0.6) is 0 Å². The number of amides is 2. The van der Waals surface area contributed by atoms with Gasteiger partial charge in [0.1, 0.15) is 0 Å². The van der Waals surface area contributed by atoms with Crippen LogP contribution in [0.15, 0.2) is 48.5 Å². The third-order valence-corrected chi connectivity index (χ3v) is 5.23. The van der Waals surface area contributed by atoms with E-state index >= 15 is 0 Å². The van der Waals surface area contributed by atoms with Gasteiger partial charge in [-0.25, -0.2) is 0 Å². The quantitative estimate of drug-likeness (QED) is 0.666. The Bertz CT molecular complexity index is 853. The molecule has 1 saturated carbocycles. The maximum absolute atomic E-state index is 12.4. The fourth-order valence-electron chi connectivity index (χ4n) is 3.56. The van der Waals surface area contributed by atoms with Crippen LogP contribution in [0.25, 0.3) is 0 Å². The third kappa shape index (κ3) is 6.17. The number of benzene rings is 2. The average Bonchev–Trinajstić information content (AvgIpc) is 2.74. The minimum absolute atomic E-state index is 0.0486. The van der Waals surface area contributed by atoms with Crippen molar-refractivity contribution in [1.29, 1.82) is 0 Å². The highest BCUT2D eigenvalue weighted by Crippen LogP contribution is 2.23. The van der Waals surface area contributed by atoms with E-state index in [0.717, 1.165) is 31.2 Å². The Kier molecular flexibility index (Phi) is 7.00. The van der Waals surface area contributed by atoms with Crippen molar-refractivity contribution in [2.24, 2.45) is 5.92 Å². The second kappa shape index (κ2) is 9.87. The van der Waals surface area contributed by atoms with Crippen molar-refractivity contribution >= 4 is 23.5 Å². The van der Waals surface area contributed by atoms with E-state index in [1.165, 1.54) is 6.42 Å². The maximum Gasteiger partial charge on any atom is 0.307 e. The molecule has 3 rings (SSSR count). The summed E-state index contributed by atoms with van der Waals surface area (Å²) >= 11 is 0. The van der Waals surface area contributed by atoms with Crippen LogP contribution < -0.4 is 10.6 Å². The molecule has 1 aliphatic carbocycles. The highest BCUT2D eigenvalue weighted by Gasteiger charge is 2.20. The Hall–Kier alpha value is -3.15. The van der Waals surface area contributed by atoms with Crippen molar-refractivity contribution in [1.82, 2.24) is 5.32 Å². The normalized spacial score (nSPS) is 14.2. The lowest BCUT2D eigenvalue weighted by Gasteiger charge is -2.20. The van der Waals surface area contributed by atoms with E-state index in [4.69, 9.17) is 5.11 Å². The van der Waals surface area contributed by atoms with E-state index in [-0.39, 0.29) is 24.2 Å². The standard InChI is InChI=1S/C23H26N2O4/c26-21(27)14-16-8-12-20(13-9-16)25-23(29)19-10-6-17(7-11-19)15-24-22(28)18-4-2-1-3-5-18/h6-13,18H,1-5,14-15H2,(H,24,28)(H,25,29)(H,26,27). The number of carboxylic acid groups (broad SMARTS) is 1. The number of nitrogens with one attached hydrogen (secondary N) is 2. The molecule has 0 radical (unpaired) electrons. The molecule has 0 aliphatic heterocycles. The molecule has 0 heterocycles. The summed E-state index contributed by atoms with van der Waals surface area (Å²) in [5.41, 5.74) is 2.74. The number of hydrogen-bond donors (Lipinski definition) is 3. The van der Waals surface area contributed by atoms with Gasteiger partial charge >= 0.3 is 5.97 Å². The van der Waals surface area contributed by atoms with Crippen molar-refractivity contribution in [2.45, 2.75) is 45.1 Å². The number of anilines is 1. The van der Waals surface area contributed by atoms with Gasteiger partial charge in [0.05, 0.1) is 6.42 Å². The Morgan fingerprint density at radius 1 is 0.862 bits per heavy atom. The van der Waals surface area contributed by atoms with E-state index in [9.17, 15) is 14.4 Å². The highest BCUT2D eigenvalue weighted by molar-refractivity contribution is 6.04. The molecule has 0 aromatic heterocycles. The van der Waals surface area contributed by atoms with E-state index in [1.807, 2.05) is 12.1 Å². The number of hydrogen-bond acceptors (Lipinski definition) is 3. The average molecular weight is 394 g/mol. The molecular weight excluding hydrogens is 368 g/mol. The summed E-state index contributed by atoms with van der Waals surface area (Å²) in [6, 6.07) is 13.9. The number of carbonyl (C=O) groups is 3. The number of aliphatic carboxylic acids is 1. The van der Waals surface area contributed by atoms with Gasteiger partial charge in [-0.05, 0) is 48.2 Å². The van der Waals surface area contributed by atoms with Gasteiger partial charge < -0.3 is 15.7 Å². The monoisotopic (exact) mass is 394 g/mol. The minimum Gasteiger partial charge on any atom is -0.481 e. The van der Waals surface area contributed by atoms with Crippen molar-refractivity contribution in [2.75, 3.05) is 5.32 Å². The highest BCUT2D eigenvalue weighted by atomic mass is 16.4. The van der Waals surface area contributed by atoms with Crippen LogP contribution in [-0.4, -0.2) is 22.9 Å². The zero-order valence-corrected chi connectivity index (χ0v) is 16.3. The lowest BCUT2D eigenvalue weighted by Crippen LogP contribution is -2.31. The third-order valence-electron chi connectivity index (χ3n) is 5.23. The zero-order chi connectivity index (χ0) is 20.6. The predicted octanol–water partition coefficient (Wildman–Crippen LogP) is 3.76. The van der Waals surface area contributed by atoms with Crippen molar-refractivity contribution in [3.63, 3.8) is 0 Å². The van der Waals surface area contributed by atoms with E-state index in [1.54, 1.807) is 36.4 Å². The molecule has 0 bridgehead atoms. The van der Waals surface area contributed by atoms with Crippen LogP contribution in [0.4, 0.5) is 5.69 Å². The fraction of sp³-hybridized carbons (Fsp3) is 0.348. The van der Waals surface area contributed by atoms with Gasteiger partial charge in [0.2, 0.25) is 5.91 Å². The van der Waals surface area contributed by atoms with Crippen LogP contribution in [-0.2, 0) is 22.6 Å². The van der Waals surface area contributed by atoms with Gasteiger partial charge in [-0.15, -0.1) is 0 Å². The zero-order valence-electron chi connectivity index (χ0n) is 16.3. The van der Waals surface area contributed by atoms with Crippen molar-refractivity contribution in [3.8, 4) is 0 Å². The molecule has 2 amide bonds. The second-order valence-corrected chi connectivity index (χ2v) is 7.47. The van der Waals surface area contributed by atoms with E-state index in [2.05, 4.69) is 10.6 Å². The first-order valence-corrected chi connectivity index (χ1v) is 10.00. The van der Waals surface area contributed by atoms with Crippen molar-refractivity contribution < 1.29 is 19.5 Å². The number of rotatable bonds is 7. The van der Waals surface area contributed by atoms with Crippen LogP contribution >= 0.6 is 0 Å². The molecule has 152 valence electrons. The number of carboxylic acids is 1. The fourth-order valence-corrected chi connectivity index (χ4v) is 3.56. The molecule has 1 fully saturated rings. The van der Waals surface area contributed by atoms with E-state index < -0.39 is 5.97 Å². The predicted molar refractivity (Wildman–Crippen MR) is 111 cm³/mol. The molecule has 0 spiro atoms. The Morgan fingerprint density at radius 2 is 1.48 bits per heavy atom.